The second-order valence-corrected chi connectivity index (χ2v) is 10.4. The van der Waals surface area contributed by atoms with E-state index in [1.54, 1.807) is 44.7 Å². The molecule has 0 aromatic heterocycles. The van der Waals surface area contributed by atoms with Crippen molar-refractivity contribution in [2.75, 3.05) is 14.2 Å². The zero-order chi connectivity index (χ0) is 27.8. The molecule has 3 aromatic rings. The third-order valence-corrected chi connectivity index (χ3v) is 6.25. The fourth-order valence-corrected chi connectivity index (χ4v) is 4.37. The highest BCUT2D eigenvalue weighted by molar-refractivity contribution is 6.30. The third kappa shape index (κ3) is 7.60. The minimum atomic E-state index is -1.33. The van der Waals surface area contributed by atoms with Gasteiger partial charge in [-0.15, -0.1) is 0 Å². The summed E-state index contributed by atoms with van der Waals surface area (Å²) in [6, 6.07) is 24.7. The SMILES string of the molecule is COc1ccc(C=NC(C#N)(Cc2ccccc2)[C@H](CC(=O)OC(C)(C)C)c2ccc(Cl)cc2)cc1OC. The number of carbonyl (C=O) groups excluding carboxylic acids is 1. The number of halogens is 1. The lowest BCUT2D eigenvalue weighted by Crippen LogP contribution is -2.38. The van der Waals surface area contributed by atoms with E-state index < -0.39 is 23.0 Å². The second-order valence-electron chi connectivity index (χ2n) is 9.97. The van der Waals surface area contributed by atoms with Crippen molar-refractivity contribution in [2.45, 2.75) is 50.7 Å². The van der Waals surface area contributed by atoms with Crippen LogP contribution in [0.1, 0.15) is 49.8 Å². The van der Waals surface area contributed by atoms with Crippen molar-refractivity contribution in [1.82, 2.24) is 0 Å². The molecule has 38 heavy (non-hydrogen) atoms. The Morgan fingerprint density at radius 3 is 2.24 bits per heavy atom. The lowest BCUT2D eigenvalue weighted by atomic mass is 9.74. The molecular formula is C31H33ClN2O4. The van der Waals surface area contributed by atoms with Crippen molar-refractivity contribution >= 4 is 23.8 Å². The summed E-state index contributed by atoms with van der Waals surface area (Å²) in [4.78, 5) is 18.0. The van der Waals surface area contributed by atoms with Crippen LogP contribution in [0.25, 0.3) is 0 Å². The number of aliphatic imine (C=N–C) groups is 1. The van der Waals surface area contributed by atoms with E-state index in [9.17, 15) is 10.1 Å². The maximum absolute atomic E-state index is 13.1. The fraction of sp³-hybridized carbons (Fsp3) is 0.323. The van der Waals surface area contributed by atoms with Crippen molar-refractivity contribution < 1.29 is 19.0 Å². The summed E-state index contributed by atoms with van der Waals surface area (Å²) >= 11 is 6.17. The summed E-state index contributed by atoms with van der Waals surface area (Å²) in [5.41, 5.74) is 0.407. The first-order valence-corrected chi connectivity index (χ1v) is 12.7. The van der Waals surface area contributed by atoms with E-state index in [1.165, 1.54) is 0 Å². The highest BCUT2D eigenvalue weighted by Gasteiger charge is 2.42. The lowest BCUT2D eigenvalue weighted by Gasteiger charge is -2.33. The van der Waals surface area contributed by atoms with Gasteiger partial charge < -0.3 is 14.2 Å². The first-order valence-electron chi connectivity index (χ1n) is 12.3. The van der Waals surface area contributed by atoms with Crippen LogP contribution in [0.15, 0.2) is 77.8 Å². The molecule has 7 heteroatoms. The molecule has 198 valence electrons. The van der Waals surface area contributed by atoms with Gasteiger partial charge in [-0.05, 0) is 67.8 Å². The van der Waals surface area contributed by atoms with Crippen LogP contribution in [0, 0.1) is 11.3 Å². The van der Waals surface area contributed by atoms with Crippen LogP contribution in [0.2, 0.25) is 5.02 Å². The van der Waals surface area contributed by atoms with Gasteiger partial charge in [0.1, 0.15) is 5.60 Å². The number of hydrogen-bond acceptors (Lipinski definition) is 6. The van der Waals surface area contributed by atoms with E-state index in [-0.39, 0.29) is 12.8 Å². The standard InChI is InChI=1S/C31H33ClN2O4/c1-30(2,3)38-29(35)18-26(24-12-14-25(32)15-13-24)31(21-33,19-22-9-7-6-8-10-22)34-20-23-11-16-27(36-4)28(17-23)37-5/h6-17,20,26H,18-19H2,1-5H3/t26-,31?/m1/s1. The second kappa shape index (κ2) is 12.6. The normalized spacial score (nSPS) is 13.8. The Morgan fingerprint density at radius 2 is 1.66 bits per heavy atom. The minimum Gasteiger partial charge on any atom is -0.493 e. The Kier molecular flexibility index (Phi) is 9.55. The van der Waals surface area contributed by atoms with E-state index in [1.807, 2.05) is 69.3 Å². The van der Waals surface area contributed by atoms with E-state index >= 15 is 0 Å². The first kappa shape index (κ1) is 28.7. The Bertz CT molecular complexity index is 1290. The van der Waals surface area contributed by atoms with Crippen LogP contribution in [-0.4, -0.2) is 37.5 Å². The number of methoxy groups -OCH3 is 2. The quantitative estimate of drug-likeness (QED) is 0.212. The number of esters is 1. The van der Waals surface area contributed by atoms with Crippen molar-refractivity contribution in [1.29, 1.82) is 5.26 Å². The molecule has 0 aliphatic heterocycles. The van der Waals surface area contributed by atoms with Crippen molar-refractivity contribution in [2.24, 2.45) is 4.99 Å². The Hall–Kier alpha value is -3.82. The molecule has 0 N–H and O–H groups in total. The fourth-order valence-electron chi connectivity index (χ4n) is 4.24. The van der Waals surface area contributed by atoms with Crippen LogP contribution < -0.4 is 9.47 Å². The Balaban J connectivity index is 2.15. The molecule has 0 amide bonds. The molecule has 0 bridgehead atoms. The Labute approximate surface area is 229 Å². The molecule has 0 fully saturated rings. The molecule has 0 saturated heterocycles. The summed E-state index contributed by atoms with van der Waals surface area (Å²) in [6.07, 6.45) is 1.89. The summed E-state index contributed by atoms with van der Waals surface area (Å²) in [5.74, 6) is 0.109. The topological polar surface area (TPSA) is 80.9 Å². The highest BCUT2D eigenvalue weighted by atomic mass is 35.5. The average molecular weight is 533 g/mol. The zero-order valence-electron chi connectivity index (χ0n) is 22.4. The maximum Gasteiger partial charge on any atom is 0.307 e. The van der Waals surface area contributed by atoms with Gasteiger partial charge in [-0.25, -0.2) is 0 Å². The van der Waals surface area contributed by atoms with Crippen molar-refractivity contribution in [3.63, 3.8) is 0 Å². The van der Waals surface area contributed by atoms with Gasteiger partial charge in [0.05, 0.1) is 26.7 Å². The van der Waals surface area contributed by atoms with Gasteiger partial charge in [0.2, 0.25) is 0 Å². The summed E-state index contributed by atoms with van der Waals surface area (Å²) in [7, 11) is 3.13. The van der Waals surface area contributed by atoms with Gasteiger partial charge in [0.25, 0.3) is 0 Å². The summed E-state index contributed by atoms with van der Waals surface area (Å²) in [5, 5.41) is 11.3. The van der Waals surface area contributed by atoms with Gasteiger partial charge >= 0.3 is 5.97 Å². The number of rotatable bonds is 10. The number of nitriles is 1. The summed E-state index contributed by atoms with van der Waals surface area (Å²) < 4.78 is 16.4. The number of benzene rings is 3. The van der Waals surface area contributed by atoms with Gasteiger partial charge in [-0.1, -0.05) is 54.1 Å². The van der Waals surface area contributed by atoms with Crippen LogP contribution in [0.4, 0.5) is 0 Å². The number of carbonyl (C=O) groups is 1. The smallest absolute Gasteiger partial charge is 0.307 e. The van der Waals surface area contributed by atoms with E-state index in [4.69, 9.17) is 30.8 Å². The molecule has 0 saturated carbocycles. The predicted octanol–water partition coefficient (Wildman–Crippen LogP) is 6.80. The largest absolute Gasteiger partial charge is 0.493 e. The molecule has 3 rings (SSSR count). The Morgan fingerprint density at radius 1 is 1.00 bits per heavy atom. The molecule has 6 nitrogen and oxygen atoms in total. The first-order chi connectivity index (χ1) is 18.1. The van der Waals surface area contributed by atoms with E-state index in [2.05, 4.69) is 6.07 Å². The van der Waals surface area contributed by atoms with Gasteiger partial charge in [0, 0.05) is 23.6 Å². The molecular weight excluding hydrogens is 500 g/mol. The monoisotopic (exact) mass is 532 g/mol. The third-order valence-electron chi connectivity index (χ3n) is 6.00. The van der Waals surface area contributed by atoms with Gasteiger partial charge in [-0.2, -0.15) is 5.26 Å². The average Bonchev–Trinajstić information content (AvgIpc) is 2.90. The van der Waals surface area contributed by atoms with Crippen LogP contribution in [0.3, 0.4) is 0 Å². The maximum atomic E-state index is 13.1. The molecule has 3 aromatic carbocycles. The lowest BCUT2D eigenvalue weighted by molar-refractivity contribution is -0.155. The highest BCUT2D eigenvalue weighted by Crippen LogP contribution is 2.39. The van der Waals surface area contributed by atoms with Gasteiger partial charge in [-0.3, -0.25) is 9.79 Å². The van der Waals surface area contributed by atoms with Crippen molar-refractivity contribution in [3.8, 4) is 17.6 Å². The van der Waals surface area contributed by atoms with Gasteiger partial charge in [0.15, 0.2) is 17.0 Å². The zero-order valence-corrected chi connectivity index (χ0v) is 23.2. The van der Waals surface area contributed by atoms with Crippen molar-refractivity contribution in [3.05, 3.63) is 94.5 Å². The van der Waals surface area contributed by atoms with Crippen LogP contribution in [-0.2, 0) is 16.0 Å². The number of nitrogens with zero attached hydrogens (tertiary/aromatic N) is 2. The number of ether oxygens (including phenoxy) is 3. The number of hydrogen-bond donors (Lipinski definition) is 0. The molecule has 0 aliphatic carbocycles. The molecule has 0 heterocycles. The van der Waals surface area contributed by atoms with Crippen LogP contribution >= 0.6 is 11.6 Å². The summed E-state index contributed by atoms with van der Waals surface area (Å²) in [6.45, 7) is 5.46. The van der Waals surface area contributed by atoms with E-state index in [0.717, 1.165) is 16.7 Å². The predicted molar refractivity (Wildman–Crippen MR) is 150 cm³/mol. The molecule has 0 aliphatic rings. The van der Waals surface area contributed by atoms with E-state index in [0.29, 0.717) is 16.5 Å². The van der Waals surface area contributed by atoms with Crippen LogP contribution in [0.5, 0.6) is 11.5 Å². The minimum absolute atomic E-state index is 0.0391. The molecule has 0 spiro atoms. The molecule has 0 radical (unpaired) electrons. The molecule has 2 atom stereocenters. The molecule has 1 unspecified atom stereocenters.